The average Bonchev–Trinajstić information content (AvgIpc) is 3.51. The van der Waals surface area contributed by atoms with Crippen LogP contribution in [0.1, 0.15) is 85.0 Å². The minimum atomic E-state index is -0.310. The highest BCUT2D eigenvalue weighted by Gasteiger charge is 2.35. The molecular formula is C23H46O5. The van der Waals surface area contributed by atoms with Crippen molar-refractivity contribution in [3.8, 4) is 0 Å². The molecule has 0 radical (unpaired) electrons. The van der Waals surface area contributed by atoms with Gasteiger partial charge in [0.25, 0.3) is 0 Å². The largest absolute Gasteiger partial charge is 0.379 e. The minimum absolute atomic E-state index is 0.141. The van der Waals surface area contributed by atoms with E-state index in [9.17, 15) is 0 Å². The van der Waals surface area contributed by atoms with Gasteiger partial charge in [-0.1, -0.05) is 65.7 Å². The lowest BCUT2D eigenvalue weighted by Gasteiger charge is -2.39. The fourth-order valence-electron chi connectivity index (χ4n) is 3.71. The van der Waals surface area contributed by atoms with Gasteiger partial charge in [0.05, 0.1) is 25.4 Å². The molecule has 2 atom stereocenters. The lowest BCUT2D eigenvalue weighted by Crippen LogP contribution is -2.41. The number of unbranched alkanes of at least 4 members (excludes halogenated alkanes) is 6. The Morgan fingerprint density at radius 3 is 2.11 bits per heavy atom. The van der Waals surface area contributed by atoms with Crippen LogP contribution in [0.25, 0.3) is 0 Å². The van der Waals surface area contributed by atoms with Crippen LogP contribution in [-0.4, -0.2) is 58.6 Å². The van der Waals surface area contributed by atoms with Crippen molar-refractivity contribution in [3.63, 3.8) is 0 Å². The van der Waals surface area contributed by atoms with Crippen molar-refractivity contribution in [2.45, 2.75) is 103 Å². The summed E-state index contributed by atoms with van der Waals surface area (Å²) in [4.78, 5) is 0. The van der Waals surface area contributed by atoms with E-state index in [0.29, 0.717) is 18.6 Å². The van der Waals surface area contributed by atoms with Gasteiger partial charge in [0, 0.05) is 20.8 Å². The fraction of sp³-hybridized carbons (Fsp3) is 1.00. The zero-order valence-electron chi connectivity index (χ0n) is 19.2. The normalized spacial score (nSPS) is 18.8. The zero-order chi connectivity index (χ0) is 20.7. The van der Waals surface area contributed by atoms with E-state index in [1.165, 1.54) is 44.9 Å². The Balaban J connectivity index is 2.46. The molecule has 1 rings (SSSR count). The molecule has 0 saturated carbocycles. The quantitative estimate of drug-likeness (QED) is 0.156. The topological polar surface area (TPSA) is 49.5 Å². The number of rotatable bonds is 20. The third-order valence-corrected chi connectivity index (χ3v) is 5.88. The molecule has 5 heteroatoms. The second-order valence-electron chi connectivity index (χ2n) is 8.44. The van der Waals surface area contributed by atoms with E-state index < -0.39 is 0 Å². The first kappa shape index (κ1) is 25.8. The maximum absolute atomic E-state index is 6.49. The molecule has 0 spiro atoms. The highest BCUT2D eigenvalue weighted by Crippen LogP contribution is 2.34. The average molecular weight is 403 g/mol. The van der Waals surface area contributed by atoms with Gasteiger partial charge in [0.1, 0.15) is 6.10 Å². The molecule has 1 aliphatic rings. The highest BCUT2D eigenvalue weighted by molar-refractivity contribution is 4.85. The Bertz CT molecular complexity index is 355. The van der Waals surface area contributed by atoms with Gasteiger partial charge >= 0.3 is 0 Å². The standard InChI is InChI=1S/C23H46O5/c1-6-7-8-9-10-11-12-14-23(20(2)3,28-19-22(24-4)25-5)15-13-16-26-17-21-18-27-21/h20-22H,6-19H2,1-5H3. The van der Waals surface area contributed by atoms with Crippen molar-refractivity contribution >= 4 is 0 Å². The summed E-state index contributed by atoms with van der Waals surface area (Å²) in [5.74, 6) is 0.439. The minimum Gasteiger partial charge on any atom is -0.379 e. The van der Waals surface area contributed by atoms with E-state index >= 15 is 0 Å². The van der Waals surface area contributed by atoms with Crippen molar-refractivity contribution in [1.29, 1.82) is 0 Å². The van der Waals surface area contributed by atoms with E-state index in [0.717, 1.165) is 39.1 Å². The molecule has 0 aliphatic carbocycles. The second-order valence-corrected chi connectivity index (χ2v) is 8.44. The fourth-order valence-corrected chi connectivity index (χ4v) is 3.71. The number of ether oxygens (including phenoxy) is 5. The monoisotopic (exact) mass is 402 g/mol. The summed E-state index contributed by atoms with van der Waals surface area (Å²) in [6.07, 6.45) is 12.3. The zero-order valence-corrected chi connectivity index (χ0v) is 19.2. The van der Waals surface area contributed by atoms with Gasteiger partial charge in [-0.15, -0.1) is 0 Å². The van der Waals surface area contributed by atoms with Crippen LogP contribution in [0.5, 0.6) is 0 Å². The molecule has 168 valence electrons. The van der Waals surface area contributed by atoms with E-state index in [1.54, 1.807) is 14.2 Å². The van der Waals surface area contributed by atoms with E-state index in [4.69, 9.17) is 23.7 Å². The van der Waals surface area contributed by atoms with Gasteiger partial charge in [0.15, 0.2) is 6.29 Å². The maximum Gasteiger partial charge on any atom is 0.180 e. The Kier molecular flexibility index (Phi) is 14.4. The van der Waals surface area contributed by atoms with E-state index in [1.807, 2.05) is 0 Å². The molecule has 0 aromatic rings. The van der Waals surface area contributed by atoms with Crippen LogP contribution in [0.4, 0.5) is 0 Å². The van der Waals surface area contributed by atoms with Crippen LogP contribution in [-0.2, 0) is 23.7 Å². The van der Waals surface area contributed by atoms with Crippen LogP contribution in [0.3, 0.4) is 0 Å². The molecule has 0 aromatic heterocycles. The smallest absolute Gasteiger partial charge is 0.180 e. The predicted octanol–water partition coefficient (Wildman–Crippen LogP) is 5.35. The molecule has 0 aromatic carbocycles. The van der Waals surface area contributed by atoms with Crippen molar-refractivity contribution in [3.05, 3.63) is 0 Å². The lowest BCUT2D eigenvalue weighted by atomic mass is 9.81. The van der Waals surface area contributed by atoms with E-state index in [-0.39, 0.29) is 11.9 Å². The molecule has 1 heterocycles. The summed E-state index contributed by atoms with van der Waals surface area (Å²) in [5, 5.41) is 0. The Hall–Kier alpha value is -0.200. The van der Waals surface area contributed by atoms with Gasteiger partial charge in [-0.05, 0) is 25.2 Å². The van der Waals surface area contributed by atoms with Crippen molar-refractivity contribution in [2.24, 2.45) is 5.92 Å². The van der Waals surface area contributed by atoms with Crippen LogP contribution in [0.2, 0.25) is 0 Å². The van der Waals surface area contributed by atoms with Gasteiger partial charge in [0.2, 0.25) is 0 Å². The number of methoxy groups -OCH3 is 2. The SMILES string of the molecule is CCCCCCCCCC(CCCOCC1CO1)(OCC(OC)OC)C(C)C. The predicted molar refractivity (Wildman–Crippen MR) is 114 cm³/mol. The van der Waals surface area contributed by atoms with Gasteiger partial charge < -0.3 is 23.7 Å². The lowest BCUT2D eigenvalue weighted by molar-refractivity contribution is -0.188. The molecule has 1 fully saturated rings. The molecule has 28 heavy (non-hydrogen) atoms. The first-order valence-corrected chi connectivity index (χ1v) is 11.5. The summed E-state index contributed by atoms with van der Waals surface area (Å²) in [6.45, 7) is 9.63. The number of hydrogen-bond acceptors (Lipinski definition) is 5. The summed E-state index contributed by atoms with van der Waals surface area (Å²) in [7, 11) is 3.33. The summed E-state index contributed by atoms with van der Waals surface area (Å²) < 4.78 is 28.1. The first-order chi connectivity index (χ1) is 13.6. The van der Waals surface area contributed by atoms with Crippen LogP contribution >= 0.6 is 0 Å². The van der Waals surface area contributed by atoms with Crippen molar-refractivity contribution < 1.29 is 23.7 Å². The van der Waals surface area contributed by atoms with Gasteiger partial charge in [-0.25, -0.2) is 0 Å². The Morgan fingerprint density at radius 1 is 0.929 bits per heavy atom. The third-order valence-electron chi connectivity index (χ3n) is 5.88. The molecule has 2 unspecified atom stereocenters. The summed E-state index contributed by atoms with van der Waals surface area (Å²) in [5.41, 5.74) is -0.141. The first-order valence-electron chi connectivity index (χ1n) is 11.5. The van der Waals surface area contributed by atoms with Gasteiger partial charge in [-0.2, -0.15) is 0 Å². The summed E-state index contributed by atoms with van der Waals surface area (Å²) >= 11 is 0. The molecule has 1 saturated heterocycles. The van der Waals surface area contributed by atoms with Crippen molar-refractivity contribution in [1.82, 2.24) is 0 Å². The highest BCUT2D eigenvalue weighted by atomic mass is 16.7. The third kappa shape index (κ3) is 11.1. The Labute approximate surface area is 173 Å². The van der Waals surface area contributed by atoms with Crippen LogP contribution < -0.4 is 0 Å². The second kappa shape index (κ2) is 15.6. The van der Waals surface area contributed by atoms with Gasteiger partial charge in [-0.3, -0.25) is 0 Å². The maximum atomic E-state index is 6.49. The van der Waals surface area contributed by atoms with Crippen LogP contribution in [0, 0.1) is 5.92 Å². The Morgan fingerprint density at radius 2 is 1.54 bits per heavy atom. The molecular weight excluding hydrogens is 356 g/mol. The summed E-state index contributed by atoms with van der Waals surface area (Å²) in [6, 6.07) is 0. The molecule has 5 nitrogen and oxygen atoms in total. The number of epoxide rings is 1. The molecule has 0 amide bonds. The molecule has 1 aliphatic heterocycles. The number of hydrogen-bond donors (Lipinski definition) is 0. The van der Waals surface area contributed by atoms with E-state index in [2.05, 4.69) is 20.8 Å². The van der Waals surface area contributed by atoms with Crippen molar-refractivity contribution in [2.75, 3.05) is 40.6 Å². The van der Waals surface area contributed by atoms with Crippen LogP contribution in [0.15, 0.2) is 0 Å². The molecule has 0 N–H and O–H groups in total. The molecule has 0 bridgehead atoms.